The zero-order chi connectivity index (χ0) is 15.6. The molecule has 1 N–H and O–H groups in total. The topological polar surface area (TPSA) is 12.0 Å². The highest BCUT2D eigenvalue weighted by Gasteiger charge is 2.18. The molecule has 0 aromatic heterocycles. The minimum Gasteiger partial charge on any atom is -0.313 e. The Bertz CT molecular complexity index is 643. The van der Waals surface area contributed by atoms with E-state index in [0.717, 1.165) is 18.7 Å². The summed E-state index contributed by atoms with van der Waals surface area (Å²) >= 11 is 31.0. The Morgan fingerprint density at radius 1 is 0.857 bits per heavy atom. The van der Waals surface area contributed by atoms with E-state index in [-0.39, 0.29) is 0 Å². The molecule has 6 heteroatoms. The van der Waals surface area contributed by atoms with E-state index >= 15 is 0 Å². The molecule has 1 nitrogen and oxygen atoms in total. The zero-order valence-corrected chi connectivity index (χ0v) is 14.9. The molecule has 0 aliphatic heterocycles. The lowest BCUT2D eigenvalue weighted by molar-refractivity contribution is 0.727. The molecule has 0 bridgehead atoms. The number of benzene rings is 2. The molecule has 0 atom stereocenters. The standard InChI is InChI=1S/C15H12Cl5N/c1-2-21-7-8-3-4-9(10(16)5-8)13-14(19)11(17)6-12(18)15(13)20/h3-6,21H,2,7H2,1H3. The fraction of sp³-hybridized carbons (Fsp3) is 0.200. The summed E-state index contributed by atoms with van der Waals surface area (Å²) in [6, 6.07) is 7.23. The van der Waals surface area contributed by atoms with Crippen molar-refractivity contribution < 1.29 is 0 Å². The average Bonchev–Trinajstić information content (AvgIpc) is 2.45. The summed E-state index contributed by atoms with van der Waals surface area (Å²) in [4.78, 5) is 0. The first-order valence-electron chi connectivity index (χ1n) is 6.28. The summed E-state index contributed by atoms with van der Waals surface area (Å²) < 4.78 is 0. The third kappa shape index (κ3) is 3.79. The highest BCUT2D eigenvalue weighted by molar-refractivity contribution is 6.50. The Morgan fingerprint density at radius 2 is 1.48 bits per heavy atom. The molecule has 0 unspecified atom stereocenters. The van der Waals surface area contributed by atoms with E-state index < -0.39 is 0 Å². The van der Waals surface area contributed by atoms with Gasteiger partial charge in [-0.1, -0.05) is 77.1 Å². The van der Waals surface area contributed by atoms with Gasteiger partial charge in [0.25, 0.3) is 0 Å². The van der Waals surface area contributed by atoms with Gasteiger partial charge in [0, 0.05) is 22.7 Å². The average molecular weight is 384 g/mol. The van der Waals surface area contributed by atoms with Crippen molar-refractivity contribution in [1.29, 1.82) is 0 Å². The smallest absolute Gasteiger partial charge is 0.0687 e. The number of hydrogen-bond acceptors (Lipinski definition) is 1. The number of rotatable bonds is 4. The van der Waals surface area contributed by atoms with Crippen LogP contribution >= 0.6 is 58.0 Å². The summed E-state index contributed by atoms with van der Waals surface area (Å²) in [6.45, 7) is 3.68. The van der Waals surface area contributed by atoms with Crippen molar-refractivity contribution in [2.75, 3.05) is 6.54 Å². The molecule has 0 heterocycles. The van der Waals surface area contributed by atoms with E-state index in [1.165, 1.54) is 6.07 Å². The van der Waals surface area contributed by atoms with Gasteiger partial charge >= 0.3 is 0 Å². The van der Waals surface area contributed by atoms with E-state index in [0.29, 0.717) is 36.2 Å². The van der Waals surface area contributed by atoms with Crippen molar-refractivity contribution >= 4 is 58.0 Å². The lowest BCUT2D eigenvalue weighted by Gasteiger charge is -2.13. The maximum Gasteiger partial charge on any atom is 0.0687 e. The zero-order valence-electron chi connectivity index (χ0n) is 11.1. The molecule has 0 fully saturated rings. The predicted octanol–water partition coefficient (Wildman–Crippen LogP) is 6.73. The maximum absolute atomic E-state index is 6.36. The Kier molecular flexibility index (Phi) is 6.07. The fourth-order valence-corrected chi connectivity index (χ4v) is 3.26. The van der Waals surface area contributed by atoms with Crippen molar-refractivity contribution in [3.05, 3.63) is 54.9 Å². The maximum atomic E-state index is 6.36. The van der Waals surface area contributed by atoms with Crippen LogP contribution in [-0.4, -0.2) is 6.54 Å². The van der Waals surface area contributed by atoms with E-state index in [1.807, 2.05) is 25.1 Å². The molecular weight excluding hydrogens is 371 g/mol. The molecule has 0 saturated heterocycles. The second-order valence-electron chi connectivity index (χ2n) is 4.44. The van der Waals surface area contributed by atoms with Gasteiger partial charge in [-0.2, -0.15) is 0 Å². The van der Waals surface area contributed by atoms with Gasteiger partial charge in [0.05, 0.1) is 20.1 Å². The minimum absolute atomic E-state index is 0.340. The van der Waals surface area contributed by atoms with Crippen LogP contribution in [0.2, 0.25) is 25.1 Å². The number of halogens is 5. The number of hydrogen-bond donors (Lipinski definition) is 1. The highest BCUT2D eigenvalue weighted by atomic mass is 35.5. The normalized spacial score (nSPS) is 11.0. The Labute approximate surface area is 149 Å². The van der Waals surface area contributed by atoms with Crippen LogP contribution < -0.4 is 5.32 Å². The third-order valence-electron chi connectivity index (χ3n) is 2.99. The Balaban J connectivity index is 2.53. The summed E-state index contributed by atoms with van der Waals surface area (Å²) in [6.07, 6.45) is 0. The van der Waals surface area contributed by atoms with Gasteiger partial charge in [-0.05, 0) is 24.2 Å². The van der Waals surface area contributed by atoms with Crippen LogP contribution in [0.25, 0.3) is 11.1 Å². The van der Waals surface area contributed by atoms with Crippen LogP contribution in [0.4, 0.5) is 0 Å². The van der Waals surface area contributed by atoms with E-state index in [2.05, 4.69) is 5.32 Å². The van der Waals surface area contributed by atoms with Gasteiger partial charge in [0.2, 0.25) is 0 Å². The van der Waals surface area contributed by atoms with Crippen LogP contribution in [-0.2, 0) is 6.54 Å². The Hall–Kier alpha value is -0.150. The molecule has 21 heavy (non-hydrogen) atoms. The van der Waals surface area contributed by atoms with E-state index in [9.17, 15) is 0 Å². The molecule has 0 radical (unpaired) electrons. The van der Waals surface area contributed by atoms with Gasteiger partial charge in [0.1, 0.15) is 0 Å². The van der Waals surface area contributed by atoms with Crippen molar-refractivity contribution in [2.24, 2.45) is 0 Å². The summed E-state index contributed by atoms with van der Waals surface area (Å²) in [5.74, 6) is 0. The summed E-state index contributed by atoms with van der Waals surface area (Å²) in [5, 5.41) is 5.15. The molecule has 0 aliphatic carbocycles. The first-order chi connectivity index (χ1) is 9.95. The SMILES string of the molecule is CCNCc1ccc(-c2c(Cl)c(Cl)cc(Cl)c2Cl)c(Cl)c1. The molecule has 2 aromatic carbocycles. The number of nitrogens with one attached hydrogen (secondary N) is 1. The second kappa shape index (κ2) is 7.41. The molecule has 2 rings (SSSR count). The first kappa shape index (κ1) is 17.2. The van der Waals surface area contributed by atoms with E-state index in [4.69, 9.17) is 58.0 Å². The quantitative estimate of drug-likeness (QED) is 0.577. The lowest BCUT2D eigenvalue weighted by Crippen LogP contribution is -2.11. The summed E-state index contributed by atoms with van der Waals surface area (Å²) in [7, 11) is 0. The van der Waals surface area contributed by atoms with Crippen molar-refractivity contribution in [3.63, 3.8) is 0 Å². The predicted molar refractivity (Wildman–Crippen MR) is 94.3 cm³/mol. The lowest BCUT2D eigenvalue weighted by atomic mass is 10.0. The van der Waals surface area contributed by atoms with Gasteiger partial charge < -0.3 is 5.32 Å². The first-order valence-corrected chi connectivity index (χ1v) is 8.17. The van der Waals surface area contributed by atoms with Gasteiger partial charge in [-0.3, -0.25) is 0 Å². The molecule has 112 valence electrons. The van der Waals surface area contributed by atoms with Crippen LogP contribution in [0, 0.1) is 0 Å². The van der Waals surface area contributed by atoms with Crippen LogP contribution in [0.3, 0.4) is 0 Å². The molecule has 0 amide bonds. The van der Waals surface area contributed by atoms with Crippen molar-refractivity contribution in [2.45, 2.75) is 13.5 Å². The van der Waals surface area contributed by atoms with Gasteiger partial charge in [-0.25, -0.2) is 0 Å². The Morgan fingerprint density at radius 3 is 2.00 bits per heavy atom. The molecular formula is C15H12Cl5N. The van der Waals surface area contributed by atoms with Gasteiger partial charge in [-0.15, -0.1) is 0 Å². The fourth-order valence-electron chi connectivity index (χ4n) is 1.95. The highest BCUT2D eigenvalue weighted by Crippen LogP contribution is 2.45. The monoisotopic (exact) mass is 381 g/mol. The molecule has 0 saturated carbocycles. The van der Waals surface area contributed by atoms with Crippen molar-refractivity contribution in [1.82, 2.24) is 5.32 Å². The van der Waals surface area contributed by atoms with Crippen molar-refractivity contribution in [3.8, 4) is 11.1 Å². The molecule has 2 aromatic rings. The largest absolute Gasteiger partial charge is 0.313 e. The van der Waals surface area contributed by atoms with Crippen LogP contribution in [0.5, 0.6) is 0 Å². The molecule has 0 aliphatic rings. The second-order valence-corrected chi connectivity index (χ2v) is 6.42. The van der Waals surface area contributed by atoms with E-state index in [1.54, 1.807) is 0 Å². The molecule has 0 spiro atoms. The third-order valence-corrected chi connectivity index (χ3v) is 4.88. The van der Waals surface area contributed by atoms with Gasteiger partial charge in [0.15, 0.2) is 0 Å². The van der Waals surface area contributed by atoms with Crippen LogP contribution in [0.15, 0.2) is 24.3 Å². The minimum atomic E-state index is 0.340. The van der Waals surface area contributed by atoms with Crippen LogP contribution in [0.1, 0.15) is 12.5 Å². The summed E-state index contributed by atoms with van der Waals surface area (Å²) in [5.41, 5.74) is 2.33.